The average molecular weight is 516 g/mol. The number of likely N-dealkylation sites (N-methyl/N-ethyl adjacent to an activating group) is 1. The van der Waals surface area contributed by atoms with Crippen molar-refractivity contribution in [2.24, 2.45) is 0 Å². The summed E-state index contributed by atoms with van der Waals surface area (Å²) in [7, 11) is 3.77. The van der Waals surface area contributed by atoms with Crippen molar-refractivity contribution in [1.82, 2.24) is 19.4 Å². The molecule has 1 aliphatic rings. The highest BCUT2D eigenvalue weighted by molar-refractivity contribution is 5.92. The molecule has 196 valence electrons. The van der Waals surface area contributed by atoms with Crippen molar-refractivity contribution in [1.29, 1.82) is 0 Å². The predicted octanol–water partition coefficient (Wildman–Crippen LogP) is 3.01. The van der Waals surface area contributed by atoms with Crippen LogP contribution in [0.25, 0.3) is 16.7 Å². The Morgan fingerprint density at radius 2 is 1.92 bits per heavy atom. The molecule has 0 radical (unpaired) electrons. The Morgan fingerprint density at radius 1 is 1.16 bits per heavy atom. The lowest BCUT2D eigenvalue weighted by Crippen LogP contribution is -2.30. The highest BCUT2D eigenvalue weighted by atomic mass is 16.5. The maximum Gasteiger partial charge on any atom is 0.341 e. The highest BCUT2D eigenvalue weighted by Gasteiger charge is 2.19. The first kappa shape index (κ1) is 25.4. The quantitative estimate of drug-likeness (QED) is 0.308. The van der Waals surface area contributed by atoms with E-state index in [-0.39, 0.29) is 23.5 Å². The Bertz CT molecular complexity index is 1550. The number of aromatic nitrogens is 3. The van der Waals surface area contributed by atoms with E-state index in [0.29, 0.717) is 23.6 Å². The van der Waals surface area contributed by atoms with Gasteiger partial charge in [-0.1, -0.05) is 6.07 Å². The van der Waals surface area contributed by atoms with Crippen LogP contribution in [0, 0.1) is 0 Å². The van der Waals surface area contributed by atoms with Gasteiger partial charge in [-0.05, 0) is 80.9 Å². The lowest BCUT2D eigenvalue weighted by Gasteiger charge is -2.16. The van der Waals surface area contributed by atoms with E-state index in [2.05, 4.69) is 15.3 Å². The molecule has 4 aromatic rings. The van der Waals surface area contributed by atoms with Crippen LogP contribution in [0.2, 0.25) is 0 Å². The van der Waals surface area contributed by atoms with Crippen LogP contribution < -0.4 is 15.5 Å². The van der Waals surface area contributed by atoms with Crippen LogP contribution in [0.1, 0.15) is 27.9 Å². The van der Waals surface area contributed by atoms with Crippen molar-refractivity contribution >= 4 is 28.6 Å². The summed E-state index contributed by atoms with van der Waals surface area (Å²) in [5.41, 5.74) is 3.28. The van der Waals surface area contributed by atoms with Crippen LogP contribution >= 0.6 is 0 Å². The first-order chi connectivity index (χ1) is 18.3. The number of hydrogen-bond acceptors (Lipinski definition) is 8. The number of hydrogen-bond donors (Lipinski definition) is 3. The van der Waals surface area contributed by atoms with Crippen LogP contribution in [0.5, 0.6) is 5.75 Å². The molecule has 2 aromatic carbocycles. The number of rotatable bonds is 9. The van der Waals surface area contributed by atoms with Crippen molar-refractivity contribution in [3.63, 3.8) is 0 Å². The van der Waals surface area contributed by atoms with Crippen molar-refractivity contribution in [2.75, 3.05) is 32.6 Å². The van der Waals surface area contributed by atoms with Gasteiger partial charge in [-0.3, -0.25) is 4.79 Å². The van der Waals surface area contributed by atoms with Gasteiger partial charge < -0.3 is 29.7 Å². The zero-order chi connectivity index (χ0) is 26.8. The van der Waals surface area contributed by atoms with Crippen molar-refractivity contribution < 1.29 is 19.7 Å². The maximum atomic E-state index is 12.9. The van der Waals surface area contributed by atoms with Crippen molar-refractivity contribution in [3.8, 4) is 11.4 Å². The predicted molar refractivity (Wildman–Crippen MR) is 144 cm³/mol. The van der Waals surface area contributed by atoms with Gasteiger partial charge in [-0.2, -0.15) is 4.98 Å². The molecule has 0 bridgehead atoms. The number of aryl methyl sites for hydroxylation is 2. The van der Waals surface area contributed by atoms with E-state index in [1.54, 1.807) is 28.8 Å². The number of aliphatic hydroxyl groups excluding tert-OH is 1. The Morgan fingerprint density at radius 3 is 2.66 bits per heavy atom. The van der Waals surface area contributed by atoms with Crippen molar-refractivity contribution in [2.45, 2.75) is 25.4 Å². The molecule has 1 atom stereocenters. The number of anilines is 2. The Kier molecular flexibility index (Phi) is 7.08. The van der Waals surface area contributed by atoms with Gasteiger partial charge in [-0.25, -0.2) is 9.78 Å². The summed E-state index contributed by atoms with van der Waals surface area (Å²) in [6, 6.07) is 13.1. The normalized spacial score (nSPS) is 13.5. The first-order valence-electron chi connectivity index (χ1n) is 12.4. The van der Waals surface area contributed by atoms with Crippen LogP contribution in [-0.2, 0) is 12.8 Å². The van der Waals surface area contributed by atoms with Crippen LogP contribution in [0.15, 0.2) is 59.7 Å². The Hall–Kier alpha value is -4.28. The van der Waals surface area contributed by atoms with E-state index in [4.69, 9.17) is 4.74 Å². The smallest absolute Gasteiger partial charge is 0.341 e. The summed E-state index contributed by atoms with van der Waals surface area (Å²) in [6.07, 6.45) is 5.16. The number of carboxylic acid groups (broad SMARTS) is 1. The molecule has 3 N–H and O–H groups in total. The third-order valence-electron chi connectivity index (χ3n) is 6.46. The lowest BCUT2D eigenvalue weighted by molar-refractivity contribution is 0.0695. The zero-order valence-electron chi connectivity index (χ0n) is 21.2. The first-order valence-corrected chi connectivity index (χ1v) is 12.4. The minimum absolute atomic E-state index is 0.121. The number of ether oxygens (including phenoxy) is 1. The second-order valence-electron chi connectivity index (χ2n) is 9.66. The maximum absolute atomic E-state index is 12.9. The SMILES string of the molecule is CN(C)CC(O)COc1ccc(Nc2ncc3c(=O)c(C(=O)O)cn(-c4ccc5c(c4)CCC5)c3n2)cc1. The lowest BCUT2D eigenvalue weighted by atomic mass is 10.1. The molecule has 0 aliphatic heterocycles. The molecular weight excluding hydrogens is 486 g/mol. The number of benzene rings is 2. The number of carboxylic acids is 1. The number of aromatic carboxylic acids is 1. The monoisotopic (exact) mass is 515 g/mol. The molecule has 2 heterocycles. The van der Waals surface area contributed by atoms with Crippen LogP contribution in [-0.4, -0.2) is 69.0 Å². The average Bonchev–Trinajstić information content (AvgIpc) is 3.36. The molecule has 10 heteroatoms. The fourth-order valence-electron chi connectivity index (χ4n) is 4.66. The van der Waals surface area contributed by atoms with Gasteiger partial charge in [0.2, 0.25) is 11.4 Å². The summed E-state index contributed by atoms with van der Waals surface area (Å²) >= 11 is 0. The molecule has 0 amide bonds. The van der Waals surface area contributed by atoms with E-state index in [9.17, 15) is 19.8 Å². The van der Waals surface area contributed by atoms with Gasteiger partial charge in [0, 0.05) is 30.3 Å². The van der Waals surface area contributed by atoms with Crippen LogP contribution in [0.3, 0.4) is 0 Å². The minimum atomic E-state index is -1.30. The molecule has 1 aliphatic carbocycles. The van der Waals surface area contributed by atoms with Gasteiger partial charge in [-0.15, -0.1) is 0 Å². The summed E-state index contributed by atoms with van der Waals surface area (Å²) in [5, 5.41) is 22.9. The molecular formula is C28H29N5O5. The summed E-state index contributed by atoms with van der Waals surface area (Å²) < 4.78 is 7.29. The molecule has 38 heavy (non-hydrogen) atoms. The van der Waals surface area contributed by atoms with Gasteiger partial charge in [0.15, 0.2) is 5.65 Å². The minimum Gasteiger partial charge on any atom is -0.491 e. The molecule has 10 nitrogen and oxygen atoms in total. The topological polar surface area (TPSA) is 130 Å². The molecule has 2 aromatic heterocycles. The Labute approximate surface area is 219 Å². The number of nitrogens with one attached hydrogen (secondary N) is 1. The van der Waals surface area contributed by atoms with E-state index >= 15 is 0 Å². The molecule has 0 spiro atoms. The van der Waals surface area contributed by atoms with Crippen molar-refractivity contribution in [3.05, 3.63) is 81.8 Å². The second-order valence-corrected chi connectivity index (χ2v) is 9.66. The number of pyridine rings is 1. The van der Waals surface area contributed by atoms with Crippen LogP contribution in [0.4, 0.5) is 11.6 Å². The summed E-state index contributed by atoms with van der Waals surface area (Å²) in [5.74, 6) is -0.435. The van der Waals surface area contributed by atoms with Gasteiger partial charge in [0.25, 0.3) is 0 Å². The Balaban J connectivity index is 1.44. The molecule has 5 rings (SSSR count). The molecule has 0 saturated carbocycles. The summed E-state index contributed by atoms with van der Waals surface area (Å²) in [6.45, 7) is 0.681. The third-order valence-corrected chi connectivity index (χ3v) is 6.46. The number of nitrogens with zero attached hydrogens (tertiary/aromatic N) is 4. The van der Waals surface area contributed by atoms with Gasteiger partial charge in [0.05, 0.1) is 5.39 Å². The summed E-state index contributed by atoms with van der Waals surface area (Å²) in [4.78, 5) is 35.4. The number of fused-ring (bicyclic) bond motifs is 2. The van der Waals surface area contributed by atoms with Gasteiger partial charge in [0.1, 0.15) is 24.0 Å². The number of aliphatic hydroxyl groups is 1. The molecule has 1 unspecified atom stereocenters. The zero-order valence-corrected chi connectivity index (χ0v) is 21.2. The van der Waals surface area contributed by atoms with Gasteiger partial charge >= 0.3 is 5.97 Å². The van der Waals surface area contributed by atoms with E-state index in [1.165, 1.54) is 23.5 Å². The van der Waals surface area contributed by atoms with E-state index < -0.39 is 17.5 Å². The number of carbonyl (C=O) groups is 1. The fraction of sp³-hybridized carbons (Fsp3) is 0.286. The molecule has 0 fully saturated rings. The van der Waals surface area contributed by atoms with E-state index in [0.717, 1.165) is 24.9 Å². The second kappa shape index (κ2) is 10.6. The van der Waals surface area contributed by atoms with E-state index in [1.807, 2.05) is 37.2 Å². The standard InChI is InChI=1S/C28H29N5O5/c1-32(2)14-21(34)16-38-22-10-7-19(8-11-22)30-28-29-13-23-25(35)24(27(36)37)15-33(26(23)31-28)20-9-6-17-4-3-5-18(17)12-20/h6-13,15,21,34H,3-5,14,16H2,1-2H3,(H,36,37)(H,29,30,31). The highest BCUT2D eigenvalue weighted by Crippen LogP contribution is 2.26. The molecule has 0 saturated heterocycles. The third kappa shape index (κ3) is 5.36. The largest absolute Gasteiger partial charge is 0.491 e. The fourth-order valence-corrected chi connectivity index (χ4v) is 4.66.